The van der Waals surface area contributed by atoms with Gasteiger partial charge in [0.25, 0.3) is 5.91 Å². The molecule has 0 saturated heterocycles. The Labute approximate surface area is 176 Å². The van der Waals surface area contributed by atoms with Crippen LogP contribution in [0.1, 0.15) is 27.8 Å². The van der Waals surface area contributed by atoms with E-state index >= 15 is 0 Å². The molecule has 0 fully saturated rings. The molecule has 0 saturated carbocycles. The van der Waals surface area contributed by atoms with Gasteiger partial charge in [0.1, 0.15) is 11.6 Å². The Morgan fingerprint density at radius 3 is 2.48 bits per heavy atom. The second-order valence-electron chi connectivity index (χ2n) is 6.95. The van der Waals surface area contributed by atoms with Gasteiger partial charge in [0, 0.05) is 10.7 Å². The zero-order chi connectivity index (χ0) is 20.8. The van der Waals surface area contributed by atoms with Crippen molar-refractivity contribution in [3.8, 4) is 6.07 Å². The molecule has 0 aromatic heterocycles. The van der Waals surface area contributed by atoms with Crippen molar-refractivity contribution in [1.82, 2.24) is 0 Å². The topological polar surface area (TPSA) is 52.9 Å². The fraction of sp³-hybridized carbons (Fsp3) is 0.120. The molecule has 29 heavy (non-hydrogen) atoms. The van der Waals surface area contributed by atoms with Crippen LogP contribution in [-0.2, 0) is 11.2 Å². The summed E-state index contributed by atoms with van der Waals surface area (Å²) in [5.74, 6) is -0.415. The van der Waals surface area contributed by atoms with Crippen LogP contribution >= 0.6 is 11.6 Å². The van der Waals surface area contributed by atoms with Gasteiger partial charge in [-0.15, -0.1) is 0 Å². The van der Waals surface area contributed by atoms with Crippen LogP contribution in [0.2, 0.25) is 5.02 Å². The first kappa shape index (κ1) is 20.4. The number of halogens is 1. The van der Waals surface area contributed by atoms with E-state index in [1.165, 1.54) is 0 Å². The number of amides is 1. The van der Waals surface area contributed by atoms with Crippen molar-refractivity contribution >= 4 is 29.3 Å². The summed E-state index contributed by atoms with van der Waals surface area (Å²) in [7, 11) is 0. The lowest BCUT2D eigenvalue weighted by molar-refractivity contribution is -0.112. The van der Waals surface area contributed by atoms with Gasteiger partial charge in [0.15, 0.2) is 0 Å². The molecular formula is C25H21ClN2O. The maximum Gasteiger partial charge on any atom is 0.266 e. The minimum absolute atomic E-state index is 0.0600. The van der Waals surface area contributed by atoms with E-state index in [0.29, 0.717) is 5.69 Å². The van der Waals surface area contributed by atoms with Gasteiger partial charge in [-0.1, -0.05) is 66.2 Å². The van der Waals surface area contributed by atoms with Gasteiger partial charge >= 0.3 is 0 Å². The van der Waals surface area contributed by atoms with E-state index in [1.54, 1.807) is 6.08 Å². The average Bonchev–Trinajstić information content (AvgIpc) is 2.71. The highest BCUT2D eigenvalue weighted by Crippen LogP contribution is 2.20. The zero-order valence-electron chi connectivity index (χ0n) is 16.4. The molecule has 3 rings (SSSR count). The smallest absolute Gasteiger partial charge is 0.266 e. The standard InChI is InChI=1S/C25H21ClN2O/c1-17-7-8-18(2)24(13-17)28-25(29)22(16-27)15-20-11-9-19(10-12-20)14-21-5-3-4-6-23(21)26/h3-13,15H,14H2,1-2H3,(H,28,29)/b22-15+. The summed E-state index contributed by atoms with van der Waals surface area (Å²) in [6.07, 6.45) is 2.32. The molecule has 0 aliphatic heterocycles. The van der Waals surface area contributed by atoms with Crippen LogP contribution in [0.15, 0.2) is 72.3 Å². The third-order valence-electron chi connectivity index (χ3n) is 4.65. The number of carbonyl (C=O) groups excluding carboxylic acids is 1. The first-order valence-corrected chi connectivity index (χ1v) is 9.67. The fourth-order valence-corrected chi connectivity index (χ4v) is 3.17. The minimum Gasteiger partial charge on any atom is -0.321 e. The number of aryl methyl sites for hydroxylation is 2. The van der Waals surface area contributed by atoms with E-state index in [-0.39, 0.29) is 5.57 Å². The zero-order valence-corrected chi connectivity index (χ0v) is 17.1. The Bertz CT molecular complexity index is 1110. The lowest BCUT2D eigenvalue weighted by Gasteiger charge is -2.09. The summed E-state index contributed by atoms with van der Waals surface area (Å²) in [6, 6.07) is 23.3. The molecule has 3 nitrogen and oxygen atoms in total. The highest BCUT2D eigenvalue weighted by molar-refractivity contribution is 6.31. The summed E-state index contributed by atoms with van der Waals surface area (Å²) in [5, 5.41) is 13.0. The van der Waals surface area contributed by atoms with E-state index in [4.69, 9.17) is 11.6 Å². The van der Waals surface area contributed by atoms with Gasteiger partial charge in [-0.25, -0.2) is 0 Å². The molecule has 0 radical (unpaired) electrons. The van der Waals surface area contributed by atoms with Crippen LogP contribution in [0.3, 0.4) is 0 Å². The summed E-state index contributed by atoms with van der Waals surface area (Å²) < 4.78 is 0. The number of hydrogen-bond acceptors (Lipinski definition) is 2. The van der Waals surface area contributed by atoms with Crippen molar-refractivity contribution in [2.45, 2.75) is 20.3 Å². The quantitative estimate of drug-likeness (QED) is 0.416. The van der Waals surface area contributed by atoms with Crippen LogP contribution < -0.4 is 5.32 Å². The molecule has 3 aromatic carbocycles. The summed E-state index contributed by atoms with van der Waals surface area (Å²) in [5.41, 5.74) is 5.72. The first-order chi connectivity index (χ1) is 14.0. The molecule has 0 bridgehead atoms. The molecule has 0 spiro atoms. The van der Waals surface area contributed by atoms with E-state index in [9.17, 15) is 10.1 Å². The molecule has 0 heterocycles. The Kier molecular flexibility index (Phi) is 6.49. The predicted octanol–water partition coefficient (Wildman–Crippen LogP) is 6.09. The number of anilines is 1. The second kappa shape index (κ2) is 9.23. The van der Waals surface area contributed by atoms with Gasteiger partial charge in [0.2, 0.25) is 0 Å². The number of nitrogens with zero attached hydrogens (tertiary/aromatic N) is 1. The molecule has 4 heteroatoms. The molecular weight excluding hydrogens is 380 g/mol. The maximum absolute atomic E-state index is 12.5. The average molecular weight is 401 g/mol. The van der Waals surface area contributed by atoms with Crippen molar-refractivity contribution in [2.24, 2.45) is 0 Å². The first-order valence-electron chi connectivity index (χ1n) is 9.29. The monoisotopic (exact) mass is 400 g/mol. The molecule has 0 unspecified atom stereocenters. The van der Waals surface area contributed by atoms with Gasteiger partial charge in [-0.05, 0) is 66.3 Å². The predicted molar refractivity (Wildman–Crippen MR) is 119 cm³/mol. The molecule has 3 aromatic rings. The van der Waals surface area contributed by atoms with Crippen molar-refractivity contribution in [2.75, 3.05) is 5.32 Å². The lowest BCUT2D eigenvalue weighted by Crippen LogP contribution is -2.14. The van der Waals surface area contributed by atoms with E-state index in [1.807, 2.05) is 86.6 Å². The molecule has 0 atom stereocenters. The normalized spacial score (nSPS) is 11.0. The molecule has 0 aliphatic carbocycles. The van der Waals surface area contributed by atoms with E-state index < -0.39 is 5.91 Å². The van der Waals surface area contributed by atoms with Crippen LogP contribution in [0, 0.1) is 25.2 Å². The Morgan fingerprint density at radius 2 is 1.79 bits per heavy atom. The number of benzene rings is 3. The number of rotatable bonds is 5. The third-order valence-corrected chi connectivity index (χ3v) is 5.02. The van der Waals surface area contributed by atoms with Crippen molar-refractivity contribution in [3.05, 3.63) is 105 Å². The highest BCUT2D eigenvalue weighted by Gasteiger charge is 2.11. The molecule has 0 aliphatic rings. The number of hydrogen-bond donors (Lipinski definition) is 1. The van der Waals surface area contributed by atoms with Crippen LogP contribution in [0.5, 0.6) is 0 Å². The van der Waals surface area contributed by atoms with Gasteiger partial charge in [-0.3, -0.25) is 4.79 Å². The van der Waals surface area contributed by atoms with E-state index in [2.05, 4.69) is 5.32 Å². The number of nitriles is 1. The minimum atomic E-state index is -0.415. The maximum atomic E-state index is 12.5. The van der Waals surface area contributed by atoms with Gasteiger partial charge < -0.3 is 5.32 Å². The van der Waals surface area contributed by atoms with Crippen molar-refractivity contribution in [3.63, 3.8) is 0 Å². The lowest BCUT2D eigenvalue weighted by atomic mass is 10.0. The number of nitrogens with one attached hydrogen (secondary N) is 1. The van der Waals surface area contributed by atoms with Gasteiger partial charge in [0.05, 0.1) is 0 Å². The van der Waals surface area contributed by atoms with E-state index in [0.717, 1.165) is 39.3 Å². The highest BCUT2D eigenvalue weighted by atomic mass is 35.5. The summed E-state index contributed by atoms with van der Waals surface area (Å²) >= 11 is 6.23. The molecule has 144 valence electrons. The van der Waals surface area contributed by atoms with Crippen LogP contribution in [-0.4, -0.2) is 5.91 Å². The molecule has 1 N–H and O–H groups in total. The van der Waals surface area contributed by atoms with Crippen molar-refractivity contribution in [1.29, 1.82) is 5.26 Å². The SMILES string of the molecule is Cc1ccc(C)c(NC(=O)/C(C#N)=C/c2ccc(Cc3ccccc3Cl)cc2)c1. The summed E-state index contributed by atoms with van der Waals surface area (Å²) in [6.45, 7) is 3.88. The largest absolute Gasteiger partial charge is 0.321 e. The van der Waals surface area contributed by atoms with Crippen LogP contribution in [0.4, 0.5) is 5.69 Å². The summed E-state index contributed by atoms with van der Waals surface area (Å²) in [4.78, 5) is 12.5. The second-order valence-corrected chi connectivity index (χ2v) is 7.36. The number of carbonyl (C=O) groups is 1. The Hall–Kier alpha value is -3.35. The van der Waals surface area contributed by atoms with Crippen LogP contribution in [0.25, 0.3) is 6.08 Å². The Morgan fingerprint density at radius 1 is 1.07 bits per heavy atom. The Balaban J connectivity index is 1.75. The van der Waals surface area contributed by atoms with Crippen molar-refractivity contribution < 1.29 is 4.79 Å². The molecule has 1 amide bonds. The van der Waals surface area contributed by atoms with Gasteiger partial charge in [-0.2, -0.15) is 5.26 Å². The third kappa shape index (κ3) is 5.34. The fourth-order valence-electron chi connectivity index (χ4n) is 2.97.